The van der Waals surface area contributed by atoms with Crippen LogP contribution in [0.5, 0.6) is 0 Å². The van der Waals surface area contributed by atoms with Crippen molar-refractivity contribution in [3.8, 4) is 11.3 Å². The van der Waals surface area contributed by atoms with Crippen molar-refractivity contribution in [2.75, 3.05) is 0 Å². The molecule has 0 saturated carbocycles. The molecule has 0 radical (unpaired) electrons. The molecule has 3 rings (SSSR count). The van der Waals surface area contributed by atoms with Crippen LogP contribution in [0.25, 0.3) is 11.3 Å². The number of hydrogen-bond donors (Lipinski definition) is 0. The molecule has 108 valence electrons. The molecule has 2 aromatic heterocycles. The van der Waals surface area contributed by atoms with Gasteiger partial charge < -0.3 is 0 Å². The molecule has 4 heteroatoms. The molecular formula is C18H13ClN2O. The second-order valence-electron chi connectivity index (χ2n) is 4.86. The highest BCUT2D eigenvalue weighted by atomic mass is 35.5. The average Bonchev–Trinajstić information content (AvgIpc) is 2.57. The van der Waals surface area contributed by atoms with Crippen molar-refractivity contribution in [1.82, 2.24) is 9.97 Å². The Balaban J connectivity index is 1.73. The van der Waals surface area contributed by atoms with Crippen LogP contribution in [0.4, 0.5) is 0 Å². The van der Waals surface area contributed by atoms with Crippen molar-refractivity contribution in [1.29, 1.82) is 0 Å². The SMILES string of the molecule is O=C(Cc1ccc(-c2ccccn2)cn1)c1ccc(Cl)cc1. The van der Waals surface area contributed by atoms with Crippen LogP contribution in [-0.2, 0) is 6.42 Å². The van der Waals surface area contributed by atoms with E-state index in [0.717, 1.165) is 17.0 Å². The van der Waals surface area contributed by atoms with Crippen LogP contribution in [0.2, 0.25) is 5.02 Å². The minimum atomic E-state index is 0.0229. The van der Waals surface area contributed by atoms with Gasteiger partial charge in [0.25, 0.3) is 0 Å². The Kier molecular flexibility index (Phi) is 4.26. The van der Waals surface area contributed by atoms with Gasteiger partial charge in [-0.2, -0.15) is 0 Å². The van der Waals surface area contributed by atoms with E-state index in [1.807, 2.05) is 30.3 Å². The Morgan fingerprint density at radius 2 is 1.77 bits per heavy atom. The summed E-state index contributed by atoms with van der Waals surface area (Å²) in [7, 11) is 0. The molecule has 22 heavy (non-hydrogen) atoms. The molecule has 0 aliphatic heterocycles. The van der Waals surface area contributed by atoms with E-state index >= 15 is 0 Å². The second kappa shape index (κ2) is 6.50. The fourth-order valence-electron chi connectivity index (χ4n) is 2.12. The maximum atomic E-state index is 12.2. The predicted molar refractivity (Wildman–Crippen MR) is 87.0 cm³/mol. The third-order valence-electron chi connectivity index (χ3n) is 3.29. The Labute approximate surface area is 133 Å². The van der Waals surface area contributed by atoms with Crippen LogP contribution in [0.3, 0.4) is 0 Å². The van der Waals surface area contributed by atoms with E-state index in [1.54, 1.807) is 36.7 Å². The molecule has 1 aromatic carbocycles. The molecular weight excluding hydrogens is 296 g/mol. The number of aromatic nitrogens is 2. The van der Waals surface area contributed by atoms with Gasteiger partial charge in [0.1, 0.15) is 0 Å². The number of pyridine rings is 2. The van der Waals surface area contributed by atoms with Crippen molar-refractivity contribution in [3.63, 3.8) is 0 Å². The standard InChI is InChI=1S/C18H13ClN2O/c19-15-7-4-13(5-8-15)18(22)11-16-9-6-14(12-21-16)17-3-1-2-10-20-17/h1-10,12H,11H2. The lowest BCUT2D eigenvalue weighted by Gasteiger charge is -2.03. The van der Waals surface area contributed by atoms with Crippen LogP contribution in [0.15, 0.2) is 67.0 Å². The molecule has 0 aliphatic rings. The first-order chi connectivity index (χ1) is 10.7. The van der Waals surface area contributed by atoms with Gasteiger partial charge in [0.2, 0.25) is 0 Å². The van der Waals surface area contributed by atoms with E-state index in [1.165, 1.54) is 0 Å². The monoisotopic (exact) mass is 308 g/mol. The Hall–Kier alpha value is -2.52. The molecule has 0 fully saturated rings. The van der Waals surface area contributed by atoms with Gasteiger partial charge in [-0.05, 0) is 48.5 Å². The van der Waals surface area contributed by atoms with Crippen LogP contribution >= 0.6 is 11.6 Å². The third-order valence-corrected chi connectivity index (χ3v) is 3.55. The zero-order chi connectivity index (χ0) is 15.4. The maximum absolute atomic E-state index is 12.2. The van der Waals surface area contributed by atoms with E-state index in [2.05, 4.69) is 9.97 Å². The summed E-state index contributed by atoms with van der Waals surface area (Å²) in [4.78, 5) is 20.8. The summed E-state index contributed by atoms with van der Waals surface area (Å²) >= 11 is 5.82. The summed E-state index contributed by atoms with van der Waals surface area (Å²) in [5.41, 5.74) is 3.17. The van der Waals surface area contributed by atoms with Gasteiger partial charge in [-0.25, -0.2) is 0 Å². The largest absolute Gasteiger partial charge is 0.294 e. The van der Waals surface area contributed by atoms with E-state index in [-0.39, 0.29) is 12.2 Å². The van der Waals surface area contributed by atoms with Gasteiger partial charge in [-0.1, -0.05) is 17.7 Å². The van der Waals surface area contributed by atoms with Gasteiger partial charge in [0.15, 0.2) is 5.78 Å². The van der Waals surface area contributed by atoms with Crippen molar-refractivity contribution >= 4 is 17.4 Å². The summed E-state index contributed by atoms with van der Waals surface area (Å²) in [6.07, 6.45) is 3.75. The lowest BCUT2D eigenvalue weighted by Crippen LogP contribution is -2.04. The van der Waals surface area contributed by atoms with Gasteiger partial charge in [-0.15, -0.1) is 0 Å². The summed E-state index contributed by atoms with van der Waals surface area (Å²) in [6.45, 7) is 0. The average molecular weight is 309 g/mol. The van der Waals surface area contributed by atoms with E-state index in [4.69, 9.17) is 11.6 Å². The van der Waals surface area contributed by atoms with Gasteiger partial charge in [0, 0.05) is 34.2 Å². The van der Waals surface area contributed by atoms with E-state index in [9.17, 15) is 4.79 Å². The number of rotatable bonds is 4. The lowest BCUT2D eigenvalue weighted by atomic mass is 10.1. The molecule has 0 bridgehead atoms. The van der Waals surface area contributed by atoms with Gasteiger partial charge in [0.05, 0.1) is 12.1 Å². The highest BCUT2D eigenvalue weighted by Gasteiger charge is 2.08. The topological polar surface area (TPSA) is 42.9 Å². The maximum Gasteiger partial charge on any atom is 0.168 e. The zero-order valence-corrected chi connectivity index (χ0v) is 12.5. The fourth-order valence-corrected chi connectivity index (χ4v) is 2.24. The number of halogens is 1. The quantitative estimate of drug-likeness (QED) is 0.678. The molecule has 0 amide bonds. The molecule has 3 aromatic rings. The van der Waals surface area contributed by atoms with Crippen LogP contribution in [0, 0.1) is 0 Å². The number of nitrogens with zero attached hydrogens (tertiary/aromatic N) is 2. The van der Waals surface area contributed by atoms with Crippen LogP contribution in [-0.4, -0.2) is 15.8 Å². The van der Waals surface area contributed by atoms with Crippen molar-refractivity contribution < 1.29 is 4.79 Å². The van der Waals surface area contributed by atoms with Crippen molar-refractivity contribution in [3.05, 3.63) is 83.3 Å². The lowest BCUT2D eigenvalue weighted by molar-refractivity contribution is 0.0992. The molecule has 0 aliphatic carbocycles. The Bertz CT molecular complexity index is 768. The summed E-state index contributed by atoms with van der Waals surface area (Å²) in [5, 5.41) is 0.620. The minimum Gasteiger partial charge on any atom is -0.294 e. The van der Waals surface area contributed by atoms with E-state index < -0.39 is 0 Å². The summed E-state index contributed by atoms with van der Waals surface area (Å²) < 4.78 is 0. The molecule has 2 heterocycles. The number of hydrogen-bond acceptors (Lipinski definition) is 3. The minimum absolute atomic E-state index is 0.0229. The fraction of sp³-hybridized carbons (Fsp3) is 0.0556. The molecule has 0 N–H and O–H groups in total. The molecule has 0 spiro atoms. The summed E-state index contributed by atoms with van der Waals surface area (Å²) in [6, 6.07) is 16.4. The summed E-state index contributed by atoms with van der Waals surface area (Å²) in [5.74, 6) is 0.0229. The molecule has 3 nitrogen and oxygen atoms in total. The number of benzene rings is 1. The first-order valence-electron chi connectivity index (χ1n) is 6.87. The van der Waals surface area contributed by atoms with Crippen molar-refractivity contribution in [2.45, 2.75) is 6.42 Å². The number of Topliss-reactive ketones (excluding diaryl/α,β-unsaturated/α-hetero) is 1. The van der Waals surface area contributed by atoms with Gasteiger partial charge in [-0.3, -0.25) is 14.8 Å². The second-order valence-corrected chi connectivity index (χ2v) is 5.30. The van der Waals surface area contributed by atoms with Crippen molar-refractivity contribution in [2.24, 2.45) is 0 Å². The molecule has 0 saturated heterocycles. The smallest absolute Gasteiger partial charge is 0.168 e. The Morgan fingerprint density at radius 1 is 0.955 bits per heavy atom. The third kappa shape index (κ3) is 3.38. The van der Waals surface area contributed by atoms with E-state index in [0.29, 0.717) is 10.6 Å². The predicted octanol–water partition coefficient (Wildman–Crippen LogP) is 4.22. The zero-order valence-electron chi connectivity index (χ0n) is 11.7. The van der Waals surface area contributed by atoms with Gasteiger partial charge >= 0.3 is 0 Å². The number of carbonyl (C=O) groups excluding carboxylic acids is 1. The van der Waals surface area contributed by atoms with Crippen LogP contribution < -0.4 is 0 Å². The number of carbonyl (C=O) groups is 1. The number of ketones is 1. The normalized spacial score (nSPS) is 10.4. The first kappa shape index (κ1) is 14.4. The first-order valence-corrected chi connectivity index (χ1v) is 7.25. The molecule has 0 unspecified atom stereocenters. The highest BCUT2D eigenvalue weighted by molar-refractivity contribution is 6.30. The molecule has 0 atom stereocenters. The highest BCUT2D eigenvalue weighted by Crippen LogP contribution is 2.16. The Morgan fingerprint density at radius 3 is 2.41 bits per heavy atom. The van der Waals surface area contributed by atoms with Crippen LogP contribution in [0.1, 0.15) is 16.1 Å².